The molecule has 0 aliphatic carbocycles. The molecule has 30 heavy (non-hydrogen) atoms. The number of halogens is 1. The Morgan fingerprint density at radius 2 is 1.80 bits per heavy atom. The second kappa shape index (κ2) is 9.06. The van der Waals surface area contributed by atoms with E-state index in [2.05, 4.69) is 4.72 Å². The van der Waals surface area contributed by atoms with E-state index in [0.29, 0.717) is 5.75 Å². The van der Waals surface area contributed by atoms with Gasteiger partial charge in [-0.05, 0) is 35.9 Å². The Morgan fingerprint density at radius 3 is 2.47 bits per heavy atom. The maximum atomic E-state index is 12.9. The van der Waals surface area contributed by atoms with Crippen LogP contribution < -0.4 is 19.9 Å². The molecule has 0 heterocycles. The van der Waals surface area contributed by atoms with Gasteiger partial charge in [-0.3, -0.25) is 9.52 Å². The summed E-state index contributed by atoms with van der Waals surface area (Å²) in [5, 5.41) is 0.0713. The fourth-order valence-corrected chi connectivity index (χ4v) is 4.07. The molecule has 0 radical (unpaired) electrons. The van der Waals surface area contributed by atoms with Gasteiger partial charge in [-0.15, -0.1) is 0 Å². The molecule has 3 aromatic carbocycles. The highest BCUT2D eigenvalue weighted by Crippen LogP contribution is 2.32. The minimum Gasteiger partial charge on any atom is -0.497 e. The Hall–Kier alpha value is -3.23. The molecule has 1 amide bonds. The summed E-state index contributed by atoms with van der Waals surface area (Å²) in [5.74, 6) is -0.0102. The normalized spacial score (nSPS) is 11.0. The molecule has 3 N–H and O–H groups in total. The van der Waals surface area contributed by atoms with Crippen LogP contribution in [0.15, 0.2) is 71.6 Å². The summed E-state index contributed by atoms with van der Waals surface area (Å²) < 4.78 is 39.3. The van der Waals surface area contributed by atoms with Crippen molar-refractivity contribution in [2.45, 2.75) is 11.5 Å². The first-order chi connectivity index (χ1) is 14.3. The van der Waals surface area contributed by atoms with Crippen molar-refractivity contribution in [1.82, 2.24) is 0 Å². The van der Waals surface area contributed by atoms with Crippen molar-refractivity contribution in [3.05, 3.63) is 82.9 Å². The Bertz CT molecular complexity index is 1170. The van der Waals surface area contributed by atoms with Crippen LogP contribution in [0.3, 0.4) is 0 Å². The lowest BCUT2D eigenvalue weighted by Gasteiger charge is -2.15. The number of methoxy groups -OCH3 is 1. The molecule has 0 atom stereocenters. The molecule has 7 nitrogen and oxygen atoms in total. The van der Waals surface area contributed by atoms with Crippen LogP contribution in [0.4, 0.5) is 5.69 Å². The minimum absolute atomic E-state index is 0.0156. The maximum Gasteiger partial charge on any atom is 0.262 e. The van der Waals surface area contributed by atoms with Crippen molar-refractivity contribution >= 4 is 33.2 Å². The number of hydrogen-bond acceptors (Lipinski definition) is 5. The third-order valence-corrected chi connectivity index (χ3v) is 5.70. The summed E-state index contributed by atoms with van der Waals surface area (Å²) in [6.45, 7) is 0.228. The number of carbonyl (C=O) groups is 1. The van der Waals surface area contributed by atoms with Crippen LogP contribution in [0.1, 0.15) is 15.9 Å². The third-order valence-electron chi connectivity index (χ3n) is 4.14. The predicted molar refractivity (Wildman–Crippen MR) is 115 cm³/mol. The van der Waals surface area contributed by atoms with Gasteiger partial charge in [-0.1, -0.05) is 41.9 Å². The van der Waals surface area contributed by atoms with Crippen LogP contribution >= 0.6 is 11.6 Å². The molecule has 3 rings (SSSR count). The zero-order valence-electron chi connectivity index (χ0n) is 16.0. The van der Waals surface area contributed by atoms with E-state index in [-0.39, 0.29) is 33.5 Å². The van der Waals surface area contributed by atoms with Gasteiger partial charge >= 0.3 is 0 Å². The van der Waals surface area contributed by atoms with Crippen molar-refractivity contribution in [3.8, 4) is 11.5 Å². The Morgan fingerprint density at radius 1 is 1.07 bits per heavy atom. The van der Waals surface area contributed by atoms with E-state index in [1.807, 2.05) is 30.3 Å². The van der Waals surface area contributed by atoms with E-state index in [0.717, 1.165) is 11.6 Å². The summed E-state index contributed by atoms with van der Waals surface area (Å²) in [5.41, 5.74) is 6.35. The number of nitrogens with two attached hydrogens (primary N) is 1. The number of nitrogens with one attached hydrogen (secondary N) is 1. The summed E-state index contributed by atoms with van der Waals surface area (Å²) in [6.07, 6.45) is 0. The molecule has 9 heteroatoms. The smallest absolute Gasteiger partial charge is 0.262 e. The third kappa shape index (κ3) is 5.22. The molecular weight excluding hydrogens is 428 g/mol. The van der Waals surface area contributed by atoms with Crippen LogP contribution in [0.5, 0.6) is 11.5 Å². The minimum atomic E-state index is -4.08. The van der Waals surface area contributed by atoms with E-state index in [4.69, 9.17) is 26.8 Å². The van der Waals surface area contributed by atoms with Crippen LogP contribution in [0, 0.1) is 0 Å². The average molecular weight is 447 g/mol. The molecule has 0 spiro atoms. The molecule has 156 valence electrons. The van der Waals surface area contributed by atoms with Gasteiger partial charge in [0.1, 0.15) is 18.1 Å². The molecule has 0 unspecified atom stereocenters. The number of carbonyl (C=O) groups excluding carboxylic acids is 1. The molecule has 0 aromatic heterocycles. The number of ether oxygens (including phenoxy) is 2. The van der Waals surface area contributed by atoms with Gasteiger partial charge < -0.3 is 15.2 Å². The van der Waals surface area contributed by atoms with E-state index in [1.54, 1.807) is 12.1 Å². The standard InChI is InChI=1S/C21H19ClN2O5S/c1-28-17-7-8-19(20(12-17)29-13-14-5-3-2-4-6-14)24-30(26,27)18-10-15(21(23)25)9-16(22)11-18/h2-12,24H,13H2,1H3,(H2,23,25). The quantitative estimate of drug-likeness (QED) is 0.546. The van der Waals surface area contributed by atoms with Gasteiger partial charge in [0, 0.05) is 16.7 Å². The largest absolute Gasteiger partial charge is 0.497 e. The van der Waals surface area contributed by atoms with Gasteiger partial charge in [-0.2, -0.15) is 0 Å². The van der Waals surface area contributed by atoms with Crippen LogP contribution in [-0.4, -0.2) is 21.4 Å². The zero-order valence-corrected chi connectivity index (χ0v) is 17.5. The second-order valence-electron chi connectivity index (χ2n) is 6.28. The first-order valence-corrected chi connectivity index (χ1v) is 10.6. The number of primary amides is 1. The first kappa shape index (κ1) is 21.5. The van der Waals surface area contributed by atoms with Crippen LogP contribution in [0.25, 0.3) is 0 Å². The number of hydrogen-bond donors (Lipinski definition) is 2. The Kier molecular flexibility index (Phi) is 6.49. The number of benzene rings is 3. The molecule has 0 saturated heterocycles. The van der Waals surface area contributed by atoms with E-state index in [9.17, 15) is 13.2 Å². The van der Waals surface area contributed by atoms with Crippen LogP contribution in [-0.2, 0) is 16.6 Å². The Labute approximate surface area is 179 Å². The fourth-order valence-electron chi connectivity index (χ4n) is 2.63. The predicted octanol–water partition coefficient (Wildman–Crippen LogP) is 3.83. The number of sulfonamides is 1. The molecule has 0 bridgehead atoms. The van der Waals surface area contributed by atoms with Crippen molar-refractivity contribution in [2.24, 2.45) is 5.73 Å². The van der Waals surface area contributed by atoms with Gasteiger partial charge in [0.2, 0.25) is 5.91 Å². The molecule has 0 aliphatic heterocycles. The highest BCUT2D eigenvalue weighted by molar-refractivity contribution is 7.92. The molecule has 0 saturated carbocycles. The van der Waals surface area contributed by atoms with Gasteiger partial charge in [0.05, 0.1) is 17.7 Å². The van der Waals surface area contributed by atoms with Crippen molar-refractivity contribution in [1.29, 1.82) is 0 Å². The zero-order chi connectivity index (χ0) is 21.7. The summed E-state index contributed by atoms with van der Waals surface area (Å²) in [4.78, 5) is 11.2. The number of amides is 1. The average Bonchev–Trinajstić information content (AvgIpc) is 2.73. The number of anilines is 1. The lowest BCUT2D eigenvalue weighted by atomic mass is 10.2. The molecule has 0 aliphatic rings. The van der Waals surface area contributed by atoms with Crippen molar-refractivity contribution in [3.63, 3.8) is 0 Å². The highest BCUT2D eigenvalue weighted by Gasteiger charge is 2.20. The van der Waals surface area contributed by atoms with E-state index in [1.165, 1.54) is 25.3 Å². The molecular formula is C21H19ClN2O5S. The van der Waals surface area contributed by atoms with Gasteiger partial charge in [0.25, 0.3) is 10.0 Å². The Balaban J connectivity index is 1.92. The number of rotatable bonds is 8. The summed E-state index contributed by atoms with van der Waals surface area (Å²) >= 11 is 5.95. The van der Waals surface area contributed by atoms with Crippen molar-refractivity contribution < 1.29 is 22.7 Å². The van der Waals surface area contributed by atoms with Crippen LogP contribution in [0.2, 0.25) is 5.02 Å². The van der Waals surface area contributed by atoms with E-state index >= 15 is 0 Å². The molecule has 3 aromatic rings. The van der Waals surface area contributed by atoms with Gasteiger partial charge in [-0.25, -0.2) is 8.42 Å². The lowest BCUT2D eigenvalue weighted by molar-refractivity contribution is 0.1000. The first-order valence-electron chi connectivity index (χ1n) is 8.76. The molecule has 0 fully saturated rings. The monoisotopic (exact) mass is 446 g/mol. The SMILES string of the molecule is COc1ccc(NS(=O)(=O)c2cc(Cl)cc(C(N)=O)c2)c(OCc2ccccc2)c1. The van der Waals surface area contributed by atoms with Gasteiger partial charge in [0.15, 0.2) is 0 Å². The summed E-state index contributed by atoms with van der Waals surface area (Å²) in [7, 11) is -2.58. The fraction of sp³-hybridized carbons (Fsp3) is 0.0952. The van der Waals surface area contributed by atoms with E-state index < -0.39 is 15.9 Å². The van der Waals surface area contributed by atoms with Crippen molar-refractivity contribution in [2.75, 3.05) is 11.8 Å². The maximum absolute atomic E-state index is 12.9. The topological polar surface area (TPSA) is 108 Å². The highest BCUT2D eigenvalue weighted by atomic mass is 35.5. The lowest BCUT2D eigenvalue weighted by Crippen LogP contribution is -2.16. The second-order valence-corrected chi connectivity index (χ2v) is 8.40. The summed E-state index contributed by atoms with van der Waals surface area (Å²) in [6, 6.07) is 17.8.